The Morgan fingerprint density at radius 1 is 1.17 bits per heavy atom. The number of alkyl halides is 2. The number of hydrogen-bond donors (Lipinski definition) is 4. The maximum absolute atomic E-state index is 14.7. The van der Waals surface area contributed by atoms with Crippen molar-refractivity contribution >= 4 is 27.5 Å². The van der Waals surface area contributed by atoms with Gasteiger partial charge in [0.05, 0.1) is 17.0 Å². The summed E-state index contributed by atoms with van der Waals surface area (Å²) in [6.07, 6.45) is 0.644. The highest BCUT2D eigenvalue weighted by atomic mass is 35.5. The van der Waals surface area contributed by atoms with Crippen LogP contribution in [0.1, 0.15) is 39.5 Å². The van der Waals surface area contributed by atoms with E-state index in [9.17, 15) is 17.6 Å². The zero-order chi connectivity index (χ0) is 21.2. The summed E-state index contributed by atoms with van der Waals surface area (Å²) < 4.78 is 44.5. The molecule has 3 aliphatic rings. The molecule has 2 aliphatic heterocycles. The van der Waals surface area contributed by atoms with Gasteiger partial charge in [-0.2, -0.15) is 0 Å². The second kappa shape index (κ2) is 9.74. The number of amides is 1. The minimum atomic E-state index is -3.71. The van der Waals surface area contributed by atoms with Crippen molar-refractivity contribution in [1.29, 1.82) is 0 Å². The Kier molecular flexibility index (Phi) is 7.77. The fraction of sp³-hybridized carbons (Fsp3) is 0.944. The molecular weight excluding hydrogens is 423 g/mol. The molecular formula is C18H32ClFN4O4S. The number of carbonyl (C=O) groups excluding carboxylic acids is 1. The van der Waals surface area contributed by atoms with Crippen LogP contribution < -0.4 is 21.1 Å². The molecule has 29 heavy (non-hydrogen) atoms. The van der Waals surface area contributed by atoms with E-state index in [0.717, 1.165) is 0 Å². The number of nitrogens with one attached hydrogen (secondary N) is 4. The highest BCUT2D eigenvalue weighted by Gasteiger charge is 2.47. The maximum atomic E-state index is 14.7. The summed E-state index contributed by atoms with van der Waals surface area (Å²) in [5, 5.41) is -0.775. The molecule has 2 heterocycles. The highest BCUT2D eigenvalue weighted by molar-refractivity contribution is 7.89. The van der Waals surface area contributed by atoms with Crippen LogP contribution >= 0.6 is 11.6 Å². The predicted molar refractivity (Wildman–Crippen MR) is 108 cm³/mol. The molecule has 3 fully saturated rings. The second-order valence-corrected chi connectivity index (χ2v) is 11.0. The van der Waals surface area contributed by atoms with E-state index in [1.165, 1.54) is 0 Å². The summed E-state index contributed by atoms with van der Waals surface area (Å²) in [6.45, 7) is 5.17. The average molecular weight is 455 g/mol. The number of hydrazine groups is 2. The average Bonchev–Trinajstić information content (AvgIpc) is 3.01. The van der Waals surface area contributed by atoms with Gasteiger partial charge in [-0.1, -0.05) is 0 Å². The Labute approximate surface area is 177 Å². The molecule has 11 heteroatoms. The van der Waals surface area contributed by atoms with Crippen LogP contribution in [0, 0.1) is 23.7 Å². The number of sulfonamides is 1. The van der Waals surface area contributed by atoms with Crippen LogP contribution in [0.25, 0.3) is 0 Å². The Bertz CT molecular complexity index is 669. The number of hydrogen-bond acceptors (Lipinski definition) is 6. The van der Waals surface area contributed by atoms with E-state index in [0.29, 0.717) is 38.9 Å². The van der Waals surface area contributed by atoms with Gasteiger partial charge in [-0.3, -0.25) is 21.1 Å². The standard InChI is InChI=1S/C18H32ClFN4O4S/c1-10-16(11(2)22-21-10)13-7-14(17(20)15(19)8-13)18(25)23-24-29(26,27)9-12-3-5-28-6-4-12/h10-17,21-22,24H,3-9H2,1-2H3,(H,23,25). The number of carbonyl (C=O) groups is 1. The molecule has 8 nitrogen and oxygen atoms in total. The van der Waals surface area contributed by atoms with E-state index in [-0.39, 0.29) is 35.6 Å². The number of halogens is 2. The second-order valence-electron chi connectivity index (χ2n) is 8.67. The van der Waals surface area contributed by atoms with Crippen molar-refractivity contribution in [3.05, 3.63) is 0 Å². The normalized spacial score (nSPS) is 39.4. The van der Waals surface area contributed by atoms with Crippen molar-refractivity contribution in [3.8, 4) is 0 Å². The molecule has 168 valence electrons. The lowest BCUT2D eigenvalue weighted by Crippen LogP contribution is -2.52. The van der Waals surface area contributed by atoms with Gasteiger partial charge in [-0.15, -0.1) is 16.4 Å². The van der Waals surface area contributed by atoms with Crippen LogP contribution in [0.3, 0.4) is 0 Å². The molecule has 0 bridgehead atoms. The van der Waals surface area contributed by atoms with Crippen LogP contribution in [-0.2, 0) is 19.6 Å². The van der Waals surface area contributed by atoms with Crippen LogP contribution in [0.15, 0.2) is 0 Å². The minimum Gasteiger partial charge on any atom is -0.381 e. The lowest BCUT2D eigenvalue weighted by molar-refractivity contribution is -0.129. The van der Waals surface area contributed by atoms with Crippen molar-refractivity contribution < 1.29 is 22.3 Å². The summed E-state index contributed by atoms with van der Waals surface area (Å²) in [7, 11) is -3.71. The van der Waals surface area contributed by atoms with E-state index in [1.54, 1.807) is 0 Å². The SMILES string of the molecule is CC1NNC(C)C1C1CC(Cl)C(F)C(C(=O)NNS(=O)(=O)CC2CCOCC2)C1. The molecule has 1 saturated carbocycles. The monoisotopic (exact) mass is 454 g/mol. The molecule has 2 saturated heterocycles. The van der Waals surface area contributed by atoms with Gasteiger partial charge in [-0.05, 0) is 57.3 Å². The van der Waals surface area contributed by atoms with Gasteiger partial charge in [0.15, 0.2) is 0 Å². The fourth-order valence-corrected chi connectivity index (χ4v) is 6.68. The lowest BCUT2D eigenvalue weighted by atomic mass is 9.70. The zero-order valence-corrected chi connectivity index (χ0v) is 18.4. The minimum absolute atomic E-state index is 0.0105. The van der Waals surface area contributed by atoms with E-state index in [4.69, 9.17) is 16.3 Å². The van der Waals surface area contributed by atoms with Gasteiger partial charge in [0.1, 0.15) is 6.17 Å². The largest absolute Gasteiger partial charge is 0.381 e. The Morgan fingerprint density at radius 3 is 2.41 bits per heavy atom. The first-order valence-corrected chi connectivity index (χ1v) is 12.4. The summed E-state index contributed by atoms with van der Waals surface area (Å²) in [6, 6.07) is 0.355. The van der Waals surface area contributed by atoms with Crippen molar-refractivity contribution in [1.82, 2.24) is 21.1 Å². The van der Waals surface area contributed by atoms with E-state index in [2.05, 4.69) is 21.1 Å². The molecule has 6 unspecified atom stereocenters. The molecule has 0 aromatic carbocycles. The summed E-state index contributed by atoms with van der Waals surface area (Å²) in [4.78, 5) is 14.8. The van der Waals surface area contributed by atoms with Crippen molar-refractivity contribution in [2.75, 3.05) is 19.0 Å². The van der Waals surface area contributed by atoms with Gasteiger partial charge in [0, 0.05) is 25.3 Å². The third kappa shape index (κ3) is 5.80. The van der Waals surface area contributed by atoms with Crippen molar-refractivity contribution in [2.45, 2.75) is 63.2 Å². The molecule has 0 radical (unpaired) electrons. The van der Waals surface area contributed by atoms with E-state index >= 15 is 0 Å². The third-order valence-corrected chi connectivity index (χ3v) is 8.26. The fourth-order valence-electron chi connectivity index (χ4n) is 4.98. The Morgan fingerprint density at radius 2 is 1.79 bits per heavy atom. The number of ether oxygens (including phenoxy) is 1. The molecule has 0 aromatic heterocycles. The van der Waals surface area contributed by atoms with Gasteiger partial charge < -0.3 is 4.74 Å². The zero-order valence-electron chi connectivity index (χ0n) is 16.9. The molecule has 0 aromatic rings. The molecule has 4 N–H and O–H groups in total. The van der Waals surface area contributed by atoms with Crippen molar-refractivity contribution in [2.24, 2.45) is 23.7 Å². The van der Waals surface area contributed by atoms with Gasteiger partial charge in [-0.25, -0.2) is 12.8 Å². The Balaban J connectivity index is 1.58. The third-order valence-electron chi connectivity index (χ3n) is 6.51. The summed E-state index contributed by atoms with van der Waals surface area (Å²) in [5.41, 5.74) is 8.59. The number of rotatable bonds is 6. The smallest absolute Gasteiger partial charge is 0.241 e. The van der Waals surface area contributed by atoms with E-state index < -0.39 is 33.4 Å². The topological polar surface area (TPSA) is 109 Å². The molecule has 6 atom stereocenters. The van der Waals surface area contributed by atoms with Gasteiger partial charge >= 0.3 is 0 Å². The highest BCUT2D eigenvalue weighted by Crippen LogP contribution is 2.41. The Hall–Kier alpha value is -0.520. The van der Waals surface area contributed by atoms with Crippen LogP contribution in [0.4, 0.5) is 4.39 Å². The first-order valence-electron chi connectivity index (χ1n) is 10.3. The molecule has 1 aliphatic carbocycles. The van der Waals surface area contributed by atoms with Crippen LogP contribution in [-0.4, -0.2) is 56.9 Å². The predicted octanol–water partition coefficient (Wildman–Crippen LogP) is 0.836. The van der Waals surface area contributed by atoms with Gasteiger partial charge in [0.2, 0.25) is 15.9 Å². The van der Waals surface area contributed by atoms with Gasteiger partial charge in [0.25, 0.3) is 0 Å². The summed E-state index contributed by atoms with van der Waals surface area (Å²) in [5.74, 6) is -1.47. The summed E-state index contributed by atoms with van der Waals surface area (Å²) >= 11 is 6.25. The molecule has 1 amide bonds. The molecule has 0 spiro atoms. The first kappa shape index (κ1) is 23.1. The van der Waals surface area contributed by atoms with Crippen LogP contribution in [0.5, 0.6) is 0 Å². The quantitative estimate of drug-likeness (QED) is 0.350. The first-order chi connectivity index (χ1) is 13.7. The molecule has 3 rings (SSSR count). The van der Waals surface area contributed by atoms with Crippen molar-refractivity contribution in [3.63, 3.8) is 0 Å². The van der Waals surface area contributed by atoms with Crippen LogP contribution in [0.2, 0.25) is 0 Å². The van der Waals surface area contributed by atoms with E-state index in [1.807, 2.05) is 13.8 Å². The maximum Gasteiger partial charge on any atom is 0.241 e. The lowest BCUT2D eigenvalue weighted by Gasteiger charge is -2.39.